The van der Waals surface area contributed by atoms with Crippen LogP contribution < -0.4 is 5.32 Å². The summed E-state index contributed by atoms with van der Waals surface area (Å²) in [4.78, 5) is 23.4. The van der Waals surface area contributed by atoms with Crippen molar-refractivity contribution >= 4 is 44.9 Å². The van der Waals surface area contributed by atoms with Gasteiger partial charge in [-0.15, -0.1) is 0 Å². The number of nitrogens with one attached hydrogen (secondary N) is 2. The molecule has 1 aliphatic carbocycles. The van der Waals surface area contributed by atoms with Crippen LogP contribution >= 0.6 is 22.9 Å². The maximum absolute atomic E-state index is 13.5. The summed E-state index contributed by atoms with van der Waals surface area (Å²) in [5.41, 5.74) is 1.94. The summed E-state index contributed by atoms with van der Waals surface area (Å²) in [6, 6.07) is 4.53. The lowest BCUT2D eigenvalue weighted by Gasteiger charge is -2.31. The molecule has 0 spiro atoms. The lowest BCUT2D eigenvalue weighted by molar-refractivity contribution is 0.0731. The number of aliphatic hydroxyl groups excluding tert-OH is 1. The number of hydrogen-bond donors (Lipinski definition) is 3. The van der Waals surface area contributed by atoms with Gasteiger partial charge in [-0.2, -0.15) is 0 Å². The second kappa shape index (κ2) is 6.72. The summed E-state index contributed by atoms with van der Waals surface area (Å²) in [5, 5.41) is 14.5. The summed E-state index contributed by atoms with van der Waals surface area (Å²) in [6.45, 7) is 1.08. The third kappa shape index (κ3) is 3.15. The van der Waals surface area contributed by atoms with Crippen LogP contribution in [0.25, 0.3) is 10.9 Å². The van der Waals surface area contributed by atoms with Crippen LogP contribution in [0.3, 0.4) is 0 Å². The second-order valence-electron chi connectivity index (χ2n) is 7.36. The largest absolute Gasteiger partial charge is 0.393 e. The molecule has 9 heteroatoms. The minimum atomic E-state index is -0.440. The molecule has 1 aliphatic heterocycles. The van der Waals surface area contributed by atoms with Crippen molar-refractivity contribution in [3.8, 4) is 0 Å². The Morgan fingerprint density at radius 3 is 3.00 bits per heavy atom. The zero-order valence-corrected chi connectivity index (χ0v) is 16.4. The molecule has 3 aromatic rings. The number of aromatic nitrogens is 2. The third-order valence-corrected chi connectivity index (χ3v) is 6.67. The number of anilines is 1. The number of amides is 1. The Kier molecular flexibility index (Phi) is 4.30. The van der Waals surface area contributed by atoms with Crippen LogP contribution in [0.4, 0.5) is 9.52 Å². The van der Waals surface area contributed by atoms with Crippen molar-refractivity contribution < 1.29 is 14.3 Å². The minimum Gasteiger partial charge on any atom is -0.393 e. The molecule has 1 amide bonds. The number of aliphatic hydroxyl groups is 1. The summed E-state index contributed by atoms with van der Waals surface area (Å²) in [6.07, 6.45) is 1.98. The maximum Gasteiger partial charge on any atom is 0.270 e. The highest BCUT2D eigenvalue weighted by atomic mass is 35.5. The number of carbonyl (C=O) groups is 1. The number of benzene rings is 1. The van der Waals surface area contributed by atoms with Crippen LogP contribution in [-0.2, 0) is 13.0 Å². The first kappa shape index (κ1) is 17.9. The van der Waals surface area contributed by atoms with Gasteiger partial charge in [0.2, 0.25) is 0 Å². The number of nitrogens with zero attached hydrogens (tertiary/aromatic N) is 2. The average molecular weight is 421 g/mol. The molecule has 3 heterocycles. The Labute approximate surface area is 169 Å². The van der Waals surface area contributed by atoms with Crippen molar-refractivity contribution in [1.82, 2.24) is 14.9 Å². The van der Waals surface area contributed by atoms with E-state index in [1.807, 2.05) is 0 Å². The van der Waals surface area contributed by atoms with Crippen molar-refractivity contribution in [2.45, 2.75) is 38.0 Å². The topological polar surface area (TPSA) is 81.2 Å². The van der Waals surface area contributed by atoms with Crippen molar-refractivity contribution in [3.05, 3.63) is 45.3 Å². The molecule has 2 aliphatic rings. The number of carbonyl (C=O) groups excluding carboxylic acids is 1. The predicted octanol–water partition coefficient (Wildman–Crippen LogP) is 3.55. The second-order valence-corrected chi connectivity index (χ2v) is 8.85. The number of thiazole rings is 1. The molecule has 5 rings (SSSR count). The molecule has 0 radical (unpaired) electrons. The molecule has 0 saturated heterocycles. The van der Waals surface area contributed by atoms with E-state index in [1.165, 1.54) is 12.1 Å². The number of hydrogen-bond acceptors (Lipinski definition) is 5. The Bertz CT molecular complexity index is 1080. The van der Waals surface area contributed by atoms with Gasteiger partial charge in [-0.25, -0.2) is 9.37 Å². The normalized spacial score (nSPS) is 21.5. The SMILES string of the molecule is O=C(c1cc2c(Cl)cc(F)cc2[nH]1)N1CCc2nc(NC3CC(O)C3)sc2C1. The van der Waals surface area contributed by atoms with Crippen LogP contribution in [0, 0.1) is 5.82 Å². The molecule has 1 aromatic carbocycles. The van der Waals surface area contributed by atoms with E-state index in [0.29, 0.717) is 36.1 Å². The molecule has 146 valence electrons. The van der Waals surface area contributed by atoms with Gasteiger partial charge in [-0.05, 0) is 31.0 Å². The highest BCUT2D eigenvalue weighted by molar-refractivity contribution is 7.15. The van der Waals surface area contributed by atoms with Crippen LogP contribution in [0.15, 0.2) is 18.2 Å². The standard InChI is InChI=1S/C19H18ClFN4O2S/c20-13-3-9(21)4-15-12(13)7-16(23-15)18(27)25-2-1-14-17(8-25)28-19(24-14)22-10-5-11(26)6-10/h3-4,7,10-11,23,26H,1-2,5-6,8H2,(H,22,24). The average Bonchev–Trinajstić information content (AvgIpc) is 3.22. The first-order valence-corrected chi connectivity index (χ1v) is 10.4. The molecule has 1 fully saturated rings. The molecular weight excluding hydrogens is 403 g/mol. The smallest absolute Gasteiger partial charge is 0.270 e. The zero-order valence-electron chi connectivity index (χ0n) is 14.8. The highest BCUT2D eigenvalue weighted by Crippen LogP contribution is 2.32. The fourth-order valence-electron chi connectivity index (χ4n) is 3.76. The van der Waals surface area contributed by atoms with Crippen molar-refractivity contribution in [2.75, 3.05) is 11.9 Å². The van der Waals surface area contributed by atoms with E-state index < -0.39 is 5.82 Å². The van der Waals surface area contributed by atoms with E-state index >= 15 is 0 Å². The molecule has 0 unspecified atom stereocenters. The Morgan fingerprint density at radius 2 is 2.21 bits per heavy atom. The van der Waals surface area contributed by atoms with Gasteiger partial charge < -0.3 is 20.3 Å². The van der Waals surface area contributed by atoms with E-state index in [2.05, 4.69) is 15.3 Å². The van der Waals surface area contributed by atoms with Gasteiger partial charge in [0.1, 0.15) is 11.5 Å². The number of aromatic amines is 1. The van der Waals surface area contributed by atoms with Gasteiger partial charge in [-0.1, -0.05) is 22.9 Å². The minimum absolute atomic E-state index is 0.136. The van der Waals surface area contributed by atoms with Gasteiger partial charge in [0.15, 0.2) is 5.13 Å². The predicted molar refractivity (Wildman–Crippen MR) is 106 cm³/mol. The lowest BCUT2D eigenvalue weighted by Crippen LogP contribution is -2.38. The summed E-state index contributed by atoms with van der Waals surface area (Å²) < 4.78 is 13.5. The molecule has 2 aromatic heterocycles. The Hall–Kier alpha value is -2.16. The number of H-pyrrole nitrogens is 1. The lowest BCUT2D eigenvalue weighted by atomic mass is 9.90. The van der Waals surface area contributed by atoms with Crippen LogP contribution in [0.2, 0.25) is 5.02 Å². The Morgan fingerprint density at radius 1 is 1.39 bits per heavy atom. The molecule has 0 bridgehead atoms. The maximum atomic E-state index is 13.5. The van der Waals surface area contributed by atoms with E-state index in [4.69, 9.17) is 11.6 Å². The molecule has 6 nitrogen and oxygen atoms in total. The Balaban J connectivity index is 1.33. The van der Waals surface area contributed by atoms with Crippen molar-refractivity contribution in [3.63, 3.8) is 0 Å². The van der Waals surface area contributed by atoms with Gasteiger partial charge in [0.05, 0.1) is 28.9 Å². The third-order valence-electron chi connectivity index (χ3n) is 5.34. The summed E-state index contributed by atoms with van der Waals surface area (Å²) in [5.74, 6) is -0.576. The van der Waals surface area contributed by atoms with Crippen LogP contribution in [0.1, 0.15) is 33.9 Å². The number of halogens is 2. The highest BCUT2D eigenvalue weighted by Gasteiger charge is 2.30. The quantitative estimate of drug-likeness (QED) is 0.605. The van der Waals surface area contributed by atoms with E-state index in [-0.39, 0.29) is 23.1 Å². The first-order chi connectivity index (χ1) is 13.5. The van der Waals surface area contributed by atoms with Gasteiger partial charge in [0, 0.05) is 29.3 Å². The number of rotatable bonds is 3. The zero-order chi connectivity index (χ0) is 19.4. The molecule has 3 N–H and O–H groups in total. The van der Waals surface area contributed by atoms with E-state index in [0.717, 1.165) is 28.5 Å². The summed E-state index contributed by atoms with van der Waals surface area (Å²) >= 11 is 7.65. The molecule has 1 saturated carbocycles. The fourth-order valence-corrected chi connectivity index (χ4v) is 5.12. The van der Waals surface area contributed by atoms with E-state index in [9.17, 15) is 14.3 Å². The van der Waals surface area contributed by atoms with Crippen molar-refractivity contribution in [2.24, 2.45) is 0 Å². The molecule has 28 heavy (non-hydrogen) atoms. The van der Waals surface area contributed by atoms with Gasteiger partial charge in [-0.3, -0.25) is 4.79 Å². The molecular formula is C19H18ClFN4O2S. The fraction of sp³-hybridized carbons (Fsp3) is 0.368. The number of fused-ring (bicyclic) bond motifs is 2. The van der Waals surface area contributed by atoms with Gasteiger partial charge >= 0.3 is 0 Å². The summed E-state index contributed by atoms with van der Waals surface area (Å²) in [7, 11) is 0. The van der Waals surface area contributed by atoms with Crippen molar-refractivity contribution in [1.29, 1.82) is 0 Å². The molecule has 0 atom stereocenters. The van der Waals surface area contributed by atoms with Gasteiger partial charge in [0.25, 0.3) is 5.91 Å². The monoisotopic (exact) mass is 420 g/mol. The van der Waals surface area contributed by atoms with Crippen LogP contribution in [-0.4, -0.2) is 44.6 Å². The van der Waals surface area contributed by atoms with E-state index in [1.54, 1.807) is 22.3 Å². The first-order valence-electron chi connectivity index (χ1n) is 9.16. The van der Waals surface area contributed by atoms with Crippen LogP contribution in [0.5, 0.6) is 0 Å².